The summed E-state index contributed by atoms with van der Waals surface area (Å²) in [5, 5.41) is 5.76. The Morgan fingerprint density at radius 3 is 3.00 bits per heavy atom. The third-order valence-corrected chi connectivity index (χ3v) is 2.19. The molecular weight excluding hydrogens is 156 g/mol. The highest BCUT2D eigenvalue weighted by atomic mass is 16.5. The third-order valence-electron chi connectivity index (χ3n) is 2.19. The van der Waals surface area contributed by atoms with Gasteiger partial charge in [0, 0.05) is 12.3 Å². The standard InChI is InChI=1S/C8H12N2O2/c1-6-4-8(11)10(9-6)7-2-3-12-5-7/h7H,2-5H2,1H3. The first-order valence-corrected chi connectivity index (χ1v) is 4.21. The van der Waals surface area contributed by atoms with Crippen LogP contribution in [0.3, 0.4) is 0 Å². The van der Waals surface area contributed by atoms with Gasteiger partial charge in [-0.25, -0.2) is 5.01 Å². The molecule has 0 N–H and O–H groups in total. The monoisotopic (exact) mass is 168 g/mol. The van der Waals surface area contributed by atoms with Crippen molar-refractivity contribution in [2.45, 2.75) is 25.8 Å². The molecule has 1 fully saturated rings. The molecule has 2 aliphatic heterocycles. The van der Waals surface area contributed by atoms with Gasteiger partial charge in [0.25, 0.3) is 0 Å². The van der Waals surface area contributed by atoms with E-state index in [2.05, 4.69) is 5.10 Å². The SMILES string of the molecule is CC1=NN(C2CCOC2)C(=O)C1. The first kappa shape index (κ1) is 7.73. The first-order chi connectivity index (χ1) is 5.77. The summed E-state index contributed by atoms with van der Waals surface area (Å²) in [7, 11) is 0. The summed E-state index contributed by atoms with van der Waals surface area (Å²) in [5.74, 6) is 0.114. The second kappa shape index (κ2) is 2.86. The van der Waals surface area contributed by atoms with Crippen LogP contribution in [0.1, 0.15) is 19.8 Å². The van der Waals surface area contributed by atoms with E-state index in [1.807, 2.05) is 6.92 Å². The van der Waals surface area contributed by atoms with Crippen molar-refractivity contribution in [3.63, 3.8) is 0 Å². The minimum atomic E-state index is 0.114. The Hall–Kier alpha value is -0.900. The highest BCUT2D eigenvalue weighted by molar-refractivity contribution is 6.03. The molecular formula is C8H12N2O2. The zero-order valence-electron chi connectivity index (χ0n) is 7.12. The highest BCUT2D eigenvalue weighted by Crippen LogP contribution is 2.18. The fourth-order valence-electron chi connectivity index (χ4n) is 1.58. The molecule has 0 aliphatic carbocycles. The van der Waals surface area contributed by atoms with Crippen molar-refractivity contribution >= 4 is 11.6 Å². The largest absolute Gasteiger partial charge is 0.379 e. The number of amides is 1. The van der Waals surface area contributed by atoms with E-state index >= 15 is 0 Å². The molecule has 0 aromatic rings. The van der Waals surface area contributed by atoms with Gasteiger partial charge in [0.1, 0.15) is 0 Å². The molecule has 0 spiro atoms. The van der Waals surface area contributed by atoms with Crippen LogP contribution in [0.5, 0.6) is 0 Å². The van der Waals surface area contributed by atoms with E-state index in [0.717, 1.165) is 18.7 Å². The molecule has 2 aliphatic rings. The Morgan fingerprint density at radius 1 is 1.67 bits per heavy atom. The maximum Gasteiger partial charge on any atom is 0.248 e. The average Bonchev–Trinajstić information content (AvgIpc) is 2.58. The minimum Gasteiger partial charge on any atom is -0.379 e. The van der Waals surface area contributed by atoms with Crippen LogP contribution >= 0.6 is 0 Å². The predicted octanol–water partition coefficient (Wildman–Crippen LogP) is 0.383. The van der Waals surface area contributed by atoms with Gasteiger partial charge in [-0.15, -0.1) is 0 Å². The molecule has 4 nitrogen and oxygen atoms in total. The van der Waals surface area contributed by atoms with Crippen LogP contribution < -0.4 is 0 Å². The van der Waals surface area contributed by atoms with E-state index < -0.39 is 0 Å². The maximum atomic E-state index is 11.3. The van der Waals surface area contributed by atoms with E-state index in [0.29, 0.717) is 13.0 Å². The molecule has 66 valence electrons. The smallest absolute Gasteiger partial charge is 0.248 e. The zero-order chi connectivity index (χ0) is 8.55. The lowest BCUT2D eigenvalue weighted by Gasteiger charge is -2.17. The lowest BCUT2D eigenvalue weighted by molar-refractivity contribution is -0.130. The fraction of sp³-hybridized carbons (Fsp3) is 0.750. The lowest BCUT2D eigenvalue weighted by atomic mass is 10.2. The number of carbonyl (C=O) groups is 1. The molecule has 0 saturated carbocycles. The number of hydrogen-bond donors (Lipinski definition) is 0. The van der Waals surface area contributed by atoms with Crippen LogP contribution in [0.15, 0.2) is 5.10 Å². The Labute approximate surface area is 71.2 Å². The summed E-state index contributed by atoms with van der Waals surface area (Å²) in [4.78, 5) is 11.3. The Bertz CT molecular complexity index is 231. The third kappa shape index (κ3) is 1.22. The van der Waals surface area contributed by atoms with E-state index in [4.69, 9.17) is 4.74 Å². The molecule has 2 heterocycles. The van der Waals surface area contributed by atoms with Crippen molar-refractivity contribution in [1.29, 1.82) is 0 Å². The zero-order valence-corrected chi connectivity index (χ0v) is 7.12. The Kier molecular flexibility index (Phi) is 1.84. The van der Waals surface area contributed by atoms with Gasteiger partial charge in [-0.2, -0.15) is 5.10 Å². The van der Waals surface area contributed by atoms with Crippen molar-refractivity contribution in [2.75, 3.05) is 13.2 Å². The van der Waals surface area contributed by atoms with Gasteiger partial charge >= 0.3 is 0 Å². The quantitative estimate of drug-likeness (QED) is 0.568. The van der Waals surface area contributed by atoms with Crippen molar-refractivity contribution < 1.29 is 9.53 Å². The summed E-state index contributed by atoms with van der Waals surface area (Å²) in [5.41, 5.74) is 0.909. The van der Waals surface area contributed by atoms with Gasteiger partial charge in [-0.1, -0.05) is 0 Å². The molecule has 0 aromatic carbocycles. The lowest BCUT2D eigenvalue weighted by Crippen LogP contribution is -2.33. The molecule has 1 saturated heterocycles. The first-order valence-electron chi connectivity index (χ1n) is 4.21. The molecule has 2 rings (SSSR count). The molecule has 0 radical (unpaired) electrons. The van der Waals surface area contributed by atoms with Crippen LogP contribution in [0, 0.1) is 0 Å². The van der Waals surface area contributed by atoms with Gasteiger partial charge < -0.3 is 4.74 Å². The number of hydrogen-bond acceptors (Lipinski definition) is 3. The summed E-state index contributed by atoms with van der Waals surface area (Å²) >= 11 is 0. The number of carbonyl (C=O) groups excluding carboxylic acids is 1. The molecule has 0 aromatic heterocycles. The summed E-state index contributed by atoms with van der Waals surface area (Å²) < 4.78 is 5.19. The van der Waals surface area contributed by atoms with Crippen molar-refractivity contribution in [1.82, 2.24) is 5.01 Å². The van der Waals surface area contributed by atoms with Crippen molar-refractivity contribution in [2.24, 2.45) is 5.10 Å². The van der Waals surface area contributed by atoms with Crippen molar-refractivity contribution in [3.8, 4) is 0 Å². The molecule has 12 heavy (non-hydrogen) atoms. The number of hydrazone groups is 1. The Balaban J connectivity index is 2.07. The summed E-state index contributed by atoms with van der Waals surface area (Å²) in [6.45, 7) is 3.28. The topological polar surface area (TPSA) is 41.9 Å². The van der Waals surface area contributed by atoms with Crippen LogP contribution in [0.4, 0.5) is 0 Å². The Morgan fingerprint density at radius 2 is 2.50 bits per heavy atom. The van der Waals surface area contributed by atoms with E-state index in [1.54, 1.807) is 5.01 Å². The normalized spacial score (nSPS) is 29.8. The second-order valence-electron chi connectivity index (χ2n) is 3.27. The van der Waals surface area contributed by atoms with E-state index in [-0.39, 0.29) is 11.9 Å². The minimum absolute atomic E-state index is 0.114. The van der Waals surface area contributed by atoms with Crippen LogP contribution in [-0.2, 0) is 9.53 Å². The van der Waals surface area contributed by atoms with Gasteiger partial charge in [-0.3, -0.25) is 4.79 Å². The number of nitrogens with zero attached hydrogens (tertiary/aromatic N) is 2. The van der Waals surface area contributed by atoms with Crippen LogP contribution in [0.2, 0.25) is 0 Å². The van der Waals surface area contributed by atoms with E-state index in [9.17, 15) is 4.79 Å². The van der Waals surface area contributed by atoms with Gasteiger partial charge in [0.2, 0.25) is 5.91 Å². The number of rotatable bonds is 1. The van der Waals surface area contributed by atoms with Crippen LogP contribution in [-0.4, -0.2) is 35.9 Å². The maximum absolute atomic E-state index is 11.3. The second-order valence-corrected chi connectivity index (χ2v) is 3.27. The average molecular weight is 168 g/mol. The van der Waals surface area contributed by atoms with Gasteiger partial charge in [0.05, 0.1) is 19.1 Å². The molecule has 0 bridgehead atoms. The molecule has 1 atom stereocenters. The summed E-state index contributed by atoms with van der Waals surface area (Å²) in [6.07, 6.45) is 1.40. The predicted molar refractivity (Wildman–Crippen MR) is 43.8 cm³/mol. The highest BCUT2D eigenvalue weighted by Gasteiger charge is 2.30. The molecule has 1 unspecified atom stereocenters. The molecule has 1 amide bonds. The fourth-order valence-corrected chi connectivity index (χ4v) is 1.58. The summed E-state index contributed by atoms with van der Waals surface area (Å²) in [6, 6.07) is 0.190. The van der Waals surface area contributed by atoms with Gasteiger partial charge in [-0.05, 0) is 13.3 Å². The van der Waals surface area contributed by atoms with Crippen molar-refractivity contribution in [3.05, 3.63) is 0 Å². The molecule has 4 heteroatoms. The van der Waals surface area contributed by atoms with E-state index in [1.165, 1.54) is 0 Å². The van der Waals surface area contributed by atoms with Crippen LogP contribution in [0.25, 0.3) is 0 Å². The van der Waals surface area contributed by atoms with Gasteiger partial charge in [0.15, 0.2) is 0 Å². The number of ether oxygens (including phenoxy) is 1.